The van der Waals surface area contributed by atoms with Crippen LogP contribution in [0, 0.1) is 11.8 Å². The van der Waals surface area contributed by atoms with E-state index in [1.54, 1.807) is 6.92 Å². The van der Waals surface area contributed by atoms with Gasteiger partial charge in [-0.05, 0) is 31.6 Å². The molecule has 5 nitrogen and oxygen atoms in total. The number of rotatable bonds is 16. The number of carboxylic acid groups (broad SMARTS) is 1. The minimum absolute atomic E-state index is 0.0332. The van der Waals surface area contributed by atoms with Crippen LogP contribution in [0.25, 0.3) is 0 Å². The fourth-order valence-electron chi connectivity index (χ4n) is 4.15. The average molecular weight is 419 g/mol. The van der Waals surface area contributed by atoms with Crippen molar-refractivity contribution in [2.75, 3.05) is 0 Å². The fourth-order valence-corrected chi connectivity index (χ4v) is 4.15. The highest BCUT2D eigenvalue weighted by molar-refractivity contribution is 5.86. The number of carbonyl (C=O) groups is 3. The van der Waals surface area contributed by atoms with Gasteiger partial charge in [0, 0.05) is 31.6 Å². The number of aliphatic carboxylic acids is 1. The SMILES string of the molecule is CCCCC(F)(F)C(=O)CC[C@H]1[C@H](O)CC(=O)[C@@H]1CCCCCCCCC(=O)O. The number of halogens is 2. The standard InChI is InChI=1S/C22H36F2O5/c1-2-3-14-22(23,24)20(27)13-12-17-16(18(25)15-19(17)26)10-8-6-4-5-7-9-11-21(28)29/h16-17,19,26H,2-15H2,1H3,(H,28,29)/t16-,17-,19-/m1/s1. The van der Waals surface area contributed by atoms with Gasteiger partial charge in [-0.3, -0.25) is 14.4 Å². The van der Waals surface area contributed by atoms with Crippen molar-refractivity contribution >= 4 is 17.5 Å². The molecule has 7 heteroatoms. The summed E-state index contributed by atoms with van der Waals surface area (Å²) in [7, 11) is 0. The second kappa shape index (κ2) is 13.0. The van der Waals surface area contributed by atoms with E-state index in [2.05, 4.69) is 0 Å². The highest BCUT2D eigenvalue weighted by Crippen LogP contribution is 2.37. The lowest BCUT2D eigenvalue weighted by atomic mass is 9.85. The van der Waals surface area contributed by atoms with E-state index in [-0.39, 0.29) is 37.4 Å². The Morgan fingerprint density at radius 1 is 1.00 bits per heavy atom. The first-order valence-corrected chi connectivity index (χ1v) is 11.0. The molecule has 2 N–H and O–H groups in total. The molecule has 29 heavy (non-hydrogen) atoms. The van der Waals surface area contributed by atoms with Crippen LogP contribution < -0.4 is 0 Å². The van der Waals surface area contributed by atoms with Gasteiger partial charge in [0.2, 0.25) is 5.78 Å². The molecule has 1 rings (SSSR count). The van der Waals surface area contributed by atoms with E-state index in [4.69, 9.17) is 5.11 Å². The van der Waals surface area contributed by atoms with Crippen LogP contribution in [0.15, 0.2) is 0 Å². The van der Waals surface area contributed by atoms with Crippen LogP contribution in [0.1, 0.15) is 96.8 Å². The molecular weight excluding hydrogens is 382 g/mol. The Bertz CT molecular complexity index is 535. The predicted molar refractivity (Wildman–Crippen MR) is 106 cm³/mol. The van der Waals surface area contributed by atoms with E-state index in [1.807, 2.05) is 0 Å². The molecule has 168 valence electrons. The van der Waals surface area contributed by atoms with Gasteiger partial charge in [0.05, 0.1) is 6.10 Å². The minimum Gasteiger partial charge on any atom is -0.481 e. The lowest BCUT2D eigenvalue weighted by Crippen LogP contribution is -2.30. The topological polar surface area (TPSA) is 91.7 Å². The molecule has 1 fully saturated rings. The quantitative estimate of drug-likeness (QED) is 0.347. The van der Waals surface area contributed by atoms with Crippen LogP contribution in [-0.4, -0.2) is 39.8 Å². The number of unbranched alkanes of at least 4 members (excludes halogenated alkanes) is 6. The Morgan fingerprint density at radius 3 is 2.24 bits per heavy atom. The Hall–Kier alpha value is -1.37. The molecule has 0 aromatic carbocycles. The summed E-state index contributed by atoms with van der Waals surface area (Å²) < 4.78 is 27.7. The number of aliphatic hydroxyl groups is 1. The van der Waals surface area contributed by atoms with Crippen molar-refractivity contribution in [3.05, 3.63) is 0 Å². The summed E-state index contributed by atoms with van der Waals surface area (Å²) in [6.45, 7) is 1.79. The molecule has 0 saturated heterocycles. The summed E-state index contributed by atoms with van der Waals surface area (Å²) in [6, 6.07) is 0. The highest BCUT2D eigenvalue weighted by atomic mass is 19.3. The number of aliphatic hydroxyl groups excluding tert-OH is 1. The third kappa shape index (κ3) is 9.32. The lowest BCUT2D eigenvalue weighted by Gasteiger charge is -2.22. The molecule has 1 aliphatic carbocycles. The molecule has 0 aromatic heterocycles. The fraction of sp³-hybridized carbons (Fsp3) is 0.864. The number of hydrogen-bond acceptors (Lipinski definition) is 4. The van der Waals surface area contributed by atoms with Gasteiger partial charge in [0.1, 0.15) is 5.78 Å². The number of alkyl halides is 2. The molecule has 0 aliphatic heterocycles. The molecule has 0 unspecified atom stereocenters. The maximum absolute atomic E-state index is 13.9. The van der Waals surface area contributed by atoms with Crippen molar-refractivity contribution in [1.82, 2.24) is 0 Å². The highest BCUT2D eigenvalue weighted by Gasteiger charge is 2.43. The van der Waals surface area contributed by atoms with Crippen LogP contribution in [0.2, 0.25) is 0 Å². The second-order valence-electron chi connectivity index (χ2n) is 8.33. The molecule has 1 saturated carbocycles. The molecular formula is C22H36F2O5. The van der Waals surface area contributed by atoms with Gasteiger partial charge in [0.15, 0.2) is 0 Å². The number of ketones is 2. The van der Waals surface area contributed by atoms with Gasteiger partial charge in [-0.25, -0.2) is 0 Å². The van der Waals surface area contributed by atoms with Crippen molar-refractivity contribution in [1.29, 1.82) is 0 Å². The third-order valence-corrected chi connectivity index (χ3v) is 5.95. The molecule has 0 heterocycles. The Morgan fingerprint density at radius 2 is 1.62 bits per heavy atom. The first-order chi connectivity index (χ1) is 13.7. The zero-order chi connectivity index (χ0) is 21.9. The molecule has 0 radical (unpaired) electrons. The van der Waals surface area contributed by atoms with Crippen molar-refractivity contribution in [3.63, 3.8) is 0 Å². The zero-order valence-corrected chi connectivity index (χ0v) is 17.5. The van der Waals surface area contributed by atoms with E-state index < -0.39 is 36.1 Å². The number of Topliss-reactive ketones (excluding diaryl/α,β-unsaturated/α-hetero) is 2. The van der Waals surface area contributed by atoms with Gasteiger partial charge in [-0.1, -0.05) is 45.4 Å². The van der Waals surface area contributed by atoms with Crippen LogP contribution in [0.4, 0.5) is 8.78 Å². The van der Waals surface area contributed by atoms with Gasteiger partial charge < -0.3 is 10.2 Å². The number of carbonyl (C=O) groups excluding carboxylic acids is 2. The Balaban J connectivity index is 2.36. The Labute approximate surface area is 172 Å². The second-order valence-corrected chi connectivity index (χ2v) is 8.33. The third-order valence-electron chi connectivity index (χ3n) is 5.95. The summed E-state index contributed by atoms with van der Waals surface area (Å²) in [4.78, 5) is 34.5. The van der Waals surface area contributed by atoms with Gasteiger partial charge >= 0.3 is 11.9 Å². The predicted octanol–water partition coefficient (Wildman–Crippen LogP) is 4.93. The molecule has 1 aliphatic rings. The van der Waals surface area contributed by atoms with E-state index >= 15 is 0 Å². The Kier molecular flexibility index (Phi) is 11.5. The van der Waals surface area contributed by atoms with Gasteiger partial charge in [-0.2, -0.15) is 8.78 Å². The largest absolute Gasteiger partial charge is 0.481 e. The summed E-state index contributed by atoms with van der Waals surface area (Å²) in [5.74, 6) is -5.99. The van der Waals surface area contributed by atoms with Gasteiger partial charge in [0.25, 0.3) is 0 Å². The smallest absolute Gasteiger partial charge is 0.305 e. The normalized spacial score (nSPS) is 22.2. The lowest BCUT2D eigenvalue weighted by molar-refractivity contribution is -0.144. The summed E-state index contributed by atoms with van der Waals surface area (Å²) in [6.07, 6.45) is 5.42. The molecule has 0 aromatic rings. The van der Waals surface area contributed by atoms with E-state index in [0.29, 0.717) is 25.7 Å². The summed E-state index contributed by atoms with van der Waals surface area (Å²) in [5.41, 5.74) is 0. The monoisotopic (exact) mass is 418 g/mol. The summed E-state index contributed by atoms with van der Waals surface area (Å²) >= 11 is 0. The first kappa shape index (κ1) is 25.7. The van der Waals surface area contributed by atoms with Crippen LogP contribution >= 0.6 is 0 Å². The van der Waals surface area contributed by atoms with Crippen molar-refractivity contribution in [2.24, 2.45) is 11.8 Å². The maximum Gasteiger partial charge on any atom is 0.305 e. The first-order valence-electron chi connectivity index (χ1n) is 11.0. The molecule has 0 amide bonds. The minimum atomic E-state index is -3.32. The maximum atomic E-state index is 13.9. The van der Waals surface area contributed by atoms with Crippen LogP contribution in [-0.2, 0) is 14.4 Å². The molecule has 0 bridgehead atoms. The zero-order valence-electron chi connectivity index (χ0n) is 17.5. The summed E-state index contributed by atoms with van der Waals surface area (Å²) in [5, 5.41) is 18.8. The van der Waals surface area contributed by atoms with E-state index in [0.717, 1.165) is 32.1 Å². The number of hydrogen-bond donors (Lipinski definition) is 2. The van der Waals surface area contributed by atoms with Crippen molar-refractivity contribution < 1.29 is 33.4 Å². The van der Waals surface area contributed by atoms with Gasteiger partial charge in [-0.15, -0.1) is 0 Å². The molecule has 3 atom stereocenters. The van der Waals surface area contributed by atoms with E-state index in [1.165, 1.54) is 0 Å². The number of carboxylic acids is 1. The molecule has 0 spiro atoms. The van der Waals surface area contributed by atoms with Crippen LogP contribution in [0.3, 0.4) is 0 Å². The average Bonchev–Trinajstić information content (AvgIpc) is 2.92. The van der Waals surface area contributed by atoms with E-state index in [9.17, 15) is 28.3 Å². The van der Waals surface area contributed by atoms with Crippen LogP contribution in [0.5, 0.6) is 0 Å². The van der Waals surface area contributed by atoms with Crippen molar-refractivity contribution in [2.45, 2.75) is 109 Å². The van der Waals surface area contributed by atoms with Crippen molar-refractivity contribution in [3.8, 4) is 0 Å².